The van der Waals surface area contributed by atoms with Gasteiger partial charge in [0.15, 0.2) is 0 Å². The number of hydrogen-bond acceptors (Lipinski definition) is 3. The van der Waals surface area contributed by atoms with Gasteiger partial charge in [-0.15, -0.1) is 0 Å². The quantitative estimate of drug-likeness (QED) is 0.726. The van der Waals surface area contributed by atoms with Crippen LogP contribution < -0.4 is 5.56 Å². The molecule has 0 atom stereocenters. The van der Waals surface area contributed by atoms with E-state index < -0.39 is 0 Å². The van der Waals surface area contributed by atoms with E-state index in [2.05, 4.69) is 4.98 Å². The van der Waals surface area contributed by atoms with Crippen LogP contribution >= 0.6 is 11.6 Å². The third kappa shape index (κ3) is 2.00. The van der Waals surface area contributed by atoms with E-state index in [4.69, 9.17) is 16.3 Å². The van der Waals surface area contributed by atoms with Crippen molar-refractivity contribution in [1.29, 1.82) is 0 Å². The molecule has 2 aromatic rings. The first-order valence-electron chi connectivity index (χ1n) is 4.37. The molecular weight excluding hydrogens is 216 g/mol. The summed E-state index contributed by atoms with van der Waals surface area (Å²) in [5.41, 5.74) is 1.29. The van der Waals surface area contributed by atoms with E-state index in [1.807, 2.05) is 6.07 Å². The van der Waals surface area contributed by atoms with Gasteiger partial charge in [0.05, 0.1) is 6.61 Å². The van der Waals surface area contributed by atoms with Gasteiger partial charge in [-0.05, 0) is 17.7 Å². The third-order valence-electron chi connectivity index (χ3n) is 2.01. The Balaban J connectivity index is 2.65. The summed E-state index contributed by atoms with van der Waals surface area (Å²) in [6, 6.07) is 4.87. The lowest BCUT2D eigenvalue weighted by molar-refractivity contribution is 0.185. The summed E-state index contributed by atoms with van der Waals surface area (Å²) in [6.07, 6.45) is 1.66. The molecule has 0 amide bonds. The van der Waals surface area contributed by atoms with Crippen molar-refractivity contribution >= 4 is 17.2 Å². The fraction of sp³-hybridized carbons (Fsp3) is 0.200. The van der Waals surface area contributed by atoms with Gasteiger partial charge in [0.25, 0.3) is 5.56 Å². The Morgan fingerprint density at radius 1 is 1.53 bits per heavy atom. The maximum atomic E-state index is 11.5. The van der Waals surface area contributed by atoms with Crippen molar-refractivity contribution in [3.8, 4) is 0 Å². The minimum atomic E-state index is -0.186. The number of fused-ring (bicyclic) bond motifs is 1. The number of ether oxygens (including phenoxy) is 1. The molecule has 5 heteroatoms. The molecule has 15 heavy (non-hydrogen) atoms. The van der Waals surface area contributed by atoms with Crippen LogP contribution in [0.2, 0.25) is 5.15 Å². The highest BCUT2D eigenvalue weighted by molar-refractivity contribution is 6.29. The van der Waals surface area contributed by atoms with Crippen LogP contribution in [0, 0.1) is 0 Å². The fourth-order valence-corrected chi connectivity index (χ4v) is 1.55. The Bertz CT molecular complexity index is 551. The molecule has 2 heterocycles. The number of hydrogen-bond donors (Lipinski definition) is 0. The first-order chi connectivity index (χ1) is 7.20. The largest absolute Gasteiger partial charge is 0.380 e. The molecule has 0 aliphatic rings. The zero-order valence-corrected chi connectivity index (χ0v) is 8.86. The van der Waals surface area contributed by atoms with Crippen LogP contribution in [0.25, 0.3) is 5.65 Å². The molecule has 0 saturated heterocycles. The second-order valence-corrected chi connectivity index (χ2v) is 3.50. The van der Waals surface area contributed by atoms with Crippen LogP contribution in [0.1, 0.15) is 5.56 Å². The van der Waals surface area contributed by atoms with Crippen molar-refractivity contribution in [1.82, 2.24) is 9.38 Å². The number of methoxy groups -OCH3 is 1. The van der Waals surface area contributed by atoms with Crippen LogP contribution in [-0.4, -0.2) is 16.5 Å². The minimum absolute atomic E-state index is 0.186. The molecule has 0 radical (unpaired) electrons. The minimum Gasteiger partial charge on any atom is -0.380 e. The summed E-state index contributed by atoms with van der Waals surface area (Å²) in [7, 11) is 1.61. The van der Waals surface area contributed by atoms with Gasteiger partial charge in [-0.1, -0.05) is 11.6 Å². The maximum Gasteiger partial charge on any atom is 0.259 e. The van der Waals surface area contributed by atoms with Gasteiger partial charge in [-0.25, -0.2) is 4.98 Å². The molecule has 2 aromatic heterocycles. The average molecular weight is 225 g/mol. The molecule has 2 rings (SSSR count). The second-order valence-electron chi connectivity index (χ2n) is 3.11. The Morgan fingerprint density at radius 3 is 3.07 bits per heavy atom. The molecule has 78 valence electrons. The van der Waals surface area contributed by atoms with Crippen LogP contribution in [0.15, 0.2) is 29.2 Å². The van der Waals surface area contributed by atoms with E-state index in [0.29, 0.717) is 12.3 Å². The average Bonchev–Trinajstić information content (AvgIpc) is 2.17. The monoisotopic (exact) mass is 224 g/mol. The zero-order chi connectivity index (χ0) is 10.8. The number of halogens is 1. The van der Waals surface area contributed by atoms with Crippen molar-refractivity contribution in [2.24, 2.45) is 0 Å². The summed E-state index contributed by atoms with van der Waals surface area (Å²) >= 11 is 5.70. The molecule has 0 bridgehead atoms. The lowest BCUT2D eigenvalue weighted by Crippen LogP contribution is -2.13. The zero-order valence-electron chi connectivity index (χ0n) is 8.11. The van der Waals surface area contributed by atoms with Crippen molar-refractivity contribution in [2.75, 3.05) is 7.11 Å². The first kappa shape index (κ1) is 10.1. The van der Waals surface area contributed by atoms with Gasteiger partial charge in [0.2, 0.25) is 0 Å². The van der Waals surface area contributed by atoms with Crippen LogP contribution in [-0.2, 0) is 11.3 Å². The van der Waals surface area contributed by atoms with E-state index >= 15 is 0 Å². The summed E-state index contributed by atoms with van der Waals surface area (Å²) < 4.78 is 6.42. The molecule has 0 saturated carbocycles. The smallest absolute Gasteiger partial charge is 0.259 e. The number of nitrogens with zero attached hydrogens (tertiary/aromatic N) is 2. The van der Waals surface area contributed by atoms with Gasteiger partial charge in [0, 0.05) is 19.4 Å². The van der Waals surface area contributed by atoms with Crippen LogP contribution in [0.5, 0.6) is 0 Å². The molecule has 0 aliphatic heterocycles. The molecule has 0 spiro atoms. The Kier molecular flexibility index (Phi) is 2.70. The molecule has 0 unspecified atom stereocenters. The van der Waals surface area contributed by atoms with Gasteiger partial charge < -0.3 is 4.74 Å². The summed E-state index contributed by atoms with van der Waals surface area (Å²) in [5.74, 6) is 0. The Morgan fingerprint density at radius 2 is 2.33 bits per heavy atom. The lowest BCUT2D eigenvalue weighted by atomic mass is 10.3. The summed E-state index contributed by atoms with van der Waals surface area (Å²) in [4.78, 5) is 15.5. The number of pyridine rings is 1. The van der Waals surface area contributed by atoms with E-state index in [0.717, 1.165) is 5.56 Å². The number of aromatic nitrogens is 2. The molecule has 0 aromatic carbocycles. The van der Waals surface area contributed by atoms with E-state index in [1.54, 1.807) is 19.4 Å². The fourth-order valence-electron chi connectivity index (χ4n) is 1.37. The Labute approximate surface area is 91.1 Å². The van der Waals surface area contributed by atoms with Gasteiger partial charge >= 0.3 is 0 Å². The molecule has 0 N–H and O–H groups in total. The van der Waals surface area contributed by atoms with Crippen molar-refractivity contribution in [3.63, 3.8) is 0 Å². The normalized spacial score (nSPS) is 10.8. The van der Waals surface area contributed by atoms with Gasteiger partial charge in [-0.2, -0.15) is 0 Å². The third-order valence-corrected chi connectivity index (χ3v) is 2.20. The van der Waals surface area contributed by atoms with Crippen molar-refractivity contribution in [3.05, 3.63) is 45.5 Å². The van der Waals surface area contributed by atoms with Crippen LogP contribution in [0.3, 0.4) is 0 Å². The summed E-state index contributed by atoms with van der Waals surface area (Å²) in [5, 5.41) is 0.203. The molecule has 0 aliphatic carbocycles. The van der Waals surface area contributed by atoms with Crippen molar-refractivity contribution < 1.29 is 4.74 Å². The lowest BCUT2D eigenvalue weighted by Gasteiger charge is -2.03. The van der Waals surface area contributed by atoms with Gasteiger partial charge in [-0.3, -0.25) is 9.20 Å². The first-order valence-corrected chi connectivity index (χ1v) is 4.75. The van der Waals surface area contributed by atoms with E-state index in [-0.39, 0.29) is 10.7 Å². The standard InChI is InChI=1S/C10H9ClN2O2/c1-15-6-7-2-3-13-9(4-7)12-8(11)5-10(13)14/h2-5H,6H2,1H3. The van der Waals surface area contributed by atoms with E-state index in [1.165, 1.54) is 10.5 Å². The Hall–Kier alpha value is -1.39. The molecule has 4 nitrogen and oxygen atoms in total. The highest BCUT2D eigenvalue weighted by Gasteiger charge is 2.01. The second kappa shape index (κ2) is 4.00. The van der Waals surface area contributed by atoms with Crippen LogP contribution in [0.4, 0.5) is 0 Å². The highest BCUT2D eigenvalue weighted by atomic mass is 35.5. The number of rotatable bonds is 2. The SMILES string of the molecule is COCc1ccn2c(=O)cc(Cl)nc2c1. The maximum absolute atomic E-state index is 11.5. The predicted octanol–water partition coefficient (Wildman–Crippen LogP) is 1.49. The highest BCUT2D eigenvalue weighted by Crippen LogP contribution is 2.07. The van der Waals surface area contributed by atoms with Gasteiger partial charge in [0.1, 0.15) is 10.8 Å². The predicted molar refractivity (Wildman–Crippen MR) is 57.2 cm³/mol. The van der Waals surface area contributed by atoms with Crippen molar-refractivity contribution in [2.45, 2.75) is 6.61 Å². The molecule has 0 fully saturated rings. The van der Waals surface area contributed by atoms with E-state index in [9.17, 15) is 4.79 Å². The molecular formula is C10H9ClN2O2. The summed E-state index contributed by atoms with van der Waals surface area (Å²) in [6.45, 7) is 0.485. The topological polar surface area (TPSA) is 43.6 Å².